The third kappa shape index (κ3) is 5.03. The van der Waals surface area contributed by atoms with Crippen LogP contribution >= 0.6 is 0 Å². The maximum Gasteiger partial charge on any atom is 0.222 e. The van der Waals surface area contributed by atoms with Gasteiger partial charge in [-0.2, -0.15) is 0 Å². The number of nitrogens with one attached hydrogen (secondary N) is 1. The number of aryl methyl sites for hydroxylation is 1. The molecule has 0 aliphatic heterocycles. The summed E-state index contributed by atoms with van der Waals surface area (Å²) in [5.74, 6) is 0.00795. The SMILES string of the molecule is CC(=O)N(CCNC(=O)C(C)C)Cc1ccccc1C. The quantitative estimate of drug-likeness (QED) is 0.865. The monoisotopic (exact) mass is 276 g/mol. The van der Waals surface area contributed by atoms with Gasteiger partial charge in [0.1, 0.15) is 0 Å². The molecule has 0 aromatic heterocycles. The molecule has 0 saturated carbocycles. The topological polar surface area (TPSA) is 49.4 Å². The number of carbonyl (C=O) groups is 2. The summed E-state index contributed by atoms with van der Waals surface area (Å²) in [6.45, 7) is 8.90. The van der Waals surface area contributed by atoms with Gasteiger partial charge >= 0.3 is 0 Å². The normalized spacial score (nSPS) is 10.4. The fraction of sp³-hybridized carbons (Fsp3) is 0.500. The summed E-state index contributed by atoms with van der Waals surface area (Å²) >= 11 is 0. The molecule has 0 atom stereocenters. The van der Waals surface area contributed by atoms with Crippen LogP contribution in [0, 0.1) is 12.8 Å². The summed E-state index contributed by atoms with van der Waals surface area (Å²) in [5, 5.41) is 2.84. The van der Waals surface area contributed by atoms with E-state index in [1.165, 1.54) is 5.56 Å². The highest BCUT2D eigenvalue weighted by Gasteiger charge is 2.12. The van der Waals surface area contributed by atoms with Crippen LogP contribution in [-0.2, 0) is 16.1 Å². The predicted molar refractivity (Wildman–Crippen MR) is 80.1 cm³/mol. The summed E-state index contributed by atoms with van der Waals surface area (Å²) in [4.78, 5) is 24.9. The third-order valence-corrected chi connectivity index (χ3v) is 3.27. The first-order chi connectivity index (χ1) is 9.41. The van der Waals surface area contributed by atoms with E-state index in [4.69, 9.17) is 0 Å². The van der Waals surface area contributed by atoms with Crippen molar-refractivity contribution in [2.24, 2.45) is 5.92 Å². The Morgan fingerprint density at radius 2 is 1.90 bits per heavy atom. The molecule has 1 rings (SSSR count). The number of carbonyl (C=O) groups excluding carboxylic acids is 2. The minimum absolute atomic E-state index is 0.0180. The van der Waals surface area contributed by atoms with Gasteiger partial charge in [-0.3, -0.25) is 9.59 Å². The van der Waals surface area contributed by atoms with Gasteiger partial charge in [-0.25, -0.2) is 0 Å². The Kier molecular flexibility index (Phi) is 6.22. The average molecular weight is 276 g/mol. The maximum absolute atomic E-state index is 11.7. The molecule has 0 fully saturated rings. The molecule has 0 saturated heterocycles. The van der Waals surface area contributed by atoms with Crippen molar-refractivity contribution >= 4 is 11.8 Å². The highest BCUT2D eigenvalue weighted by atomic mass is 16.2. The van der Waals surface area contributed by atoms with Crippen molar-refractivity contribution in [1.82, 2.24) is 10.2 Å². The van der Waals surface area contributed by atoms with E-state index in [2.05, 4.69) is 5.32 Å². The minimum Gasteiger partial charge on any atom is -0.354 e. The summed E-state index contributed by atoms with van der Waals surface area (Å²) in [6.07, 6.45) is 0. The Labute approximate surface area is 121 Å². The zero-order chi connectivity index (χ0) is 15.1. The summed E-state index contributed by atoms with van der Waals surface area (Å²) < 4.78 is 0. The van der Waals surface area contributed by atoms with Crippen LogP contribution in [-0.4, -0.2) is 29.8 Å². The Hall–Kier alpha value is -1.84. The first-order valence-corrected chi connectivity index (χ1v) is 6.99. The second-order valence-electron chi connectivity index (χ2n) is 5.31. The second kappa shape index (κ2) is 7.68. The van der Waals surface area contributed by atoms with Gasteiger partial charge in [0.2, 0.25) is 11.8 Å². The lowest BCUT2D eigenvalue weighted by Gasteiger charge is -2.22. The molecule has 0 spiro atoms. The van der Waals surface area contributed by atoms with Crippen molar-refractivity contribution in [3.05, 3.63) is 35.4 Å². The highest BCUT2D eigenvalue weighted by molar-refractivity contribution is 5.78. The van der Waals surface area contributed by atoms with Crippen LogP contribution in [0.15, 0.2) is 24.3 Å². The Morgan fingerprint density at radius 1 is 1.25 bits per heavy atom. The van der Waals surface area contributed by atoms with Crippen LogP contribution in [0.3, 0.4) is 0 Å². The van der Waals surface area contributed by atoms with E-state index in [0.717, 1.165) is 5.56 Å². The smallest absolute Gasteiger partial charge is 0.222 e. The highest BCUT2D eigenvalue weighted by Crippen LogP contribution is 2.10. The number of rotatable bonds is 6. The van der Waals surface area contributed by atoms with Crippen LogP contribution in [0.25, 0.3) is 0 Å². The molecule has 0 heterocycles. The fourth-order valence-corrected chi connectivity index (χ4v) is 1.86. The van der Waals surface area contributed by atoms with Crippen LogP contribution in [0.5, 0.6) is 0 Å². The van der Waals surface area contributed by atoms with Crippen molar-refractivity contribution in [3.8, 4) is 0 Å². The molecule has 4 heteroatoms. The van der Waals surface area contributed by atoms with E-state index < -0.39 is 0 Å². The molecule has 0 aliphatic carbocycles. The lowest BCUT2D eigenvalue weighted by atomic mass is 10.1. The number of hydrogen-bond donors (Lipinski definition) is 1. The molecule has 0 radical (unpaired) electrons. The molecule has 0 unspecified atom stereocenters. The van der Waals surface area contributed by atoms with Gasteiger partial charge < -0.3 is 10.2 Å². The van der Waals surface area contributed by atoms with Crippen molar-refractivity contribution in [2.45, 2.75) is 34.2 Å². The van der Waals surface area contributed by atoms with Gasteiger partial charge in [0.05, 0.1) is 0 Å². The molecular formula is C16H24N2O2. The van der Waals surface area contributed by atoms with Crippen molar-refractivity contribution in [3.63, 3.8) is 0 Å². The van der Waals surface area contributed by atoms with E-state index in [0.29, 0.717) is 19.6 Å². The van der Waals surface area contributed by atoms with Crippen LogP contribution in [0.4, 0.5) is 0 Å². The Morgan fingerprint density at radius 3 is 2.45 bits per heavy atom. The molecule has 1 N–H and O–H groups in total. The summed E-state index contributed by atoms with van der Waals surface area (Å²) in [7, 11) is 0. The molecule has 2 amide bonds. The zero-order valence-electron chi connectivity index (χ0n) is 12.8. The Balaban J connectivity index is 2.56. The number of amides is 2. The predicted octanol–water partition coefficient (Wildman–Crippen LogP) is 2.12. The van der Waals surface area contributed by atoms with Gasteiger partial charge in [-0.1, -0.05) is 38.1 Å². The molecule has 4 nitrogen and oxygen atoms in total. The van der Waals surface area contributed by atoms with Gasteiger partial charge in [-0.15, -0.1) is 0 Å². The van der Waals surface area contributed by atoms with Gasteiger partial charge in [0, 0.05) is 32.5 Å². The van der Waals surface area contributed by atoms with E-state index >= 15 is 0 Å². The second-order valence-corrected chi connectivity index (χ2v) is 5.31. The maximum atomic E-state index is 11.7. The number of hydrogen-bond acceptors (Lipinski definition) is 2. The molecular weight excluding hydrogens is 252 g/mol. The molecule has 0 aliphatic rings. The van der Waals surface area contributed by atoms with E-state index in [-0.39, 0.29) is 17.7 Å². The van der Waals surface area contributed by atoms with Gasteiger partial charge in [0.25, 0.3) is 0 Å². The Bertz CT molecular complexity index is 469. The molecule has 1 aromatic carbocycles. The van der Waals surface area contributed by atoms with E-state index in [1.54, 1.807) is 11.8 Å². The van der Waals surface area contributed by atoms with Crippen LogP contribution in [0.2, 0.25) is 0 Å². The lowest BCUT2D eigenvalue weighted by Crippen LogP contribution is -2.38. The van der Waals surface area contributed by atoms with Gasteiger partial charge in [0.15, 0.2) is 0 Å². The largest absolute Gasteiger partial charge is 0.354 e. The van der Waals surface area contributed by atoms with E-state index in [9.17, 15) is 9.59 Å². The average Bonchev–Trinajstić information content (AvgIpc) is 2.39. The summed E-state index contributed by atoms with van der Waals surface area (Å²) in [6, 6.07) is 8.02. The third-order valence-electron chi connectivity index (χ3n) is 3.27. The van der Waals surface area contributed by atoms with Crippen molar-refractivity contribution in [1.29, 1.82) is 0 Å². The van der Waals surface area contributed by atoms with Gasteiger partial charge in [-0.05, 0) is 18.1 Å². The standard InChI is InChI=1S/C16H24N2O2/c1-12(2)16(20)17-9-10-18(14(4)19)11-15-8-6-5-7-13(15)3/h5-8,12H,9-11H2,1-4H3,(H,17,20). The molecule has 20 heavy (non-hydrogen) atoms. The number of nitrogens with zero attached hydrogens (tertiary/aromatic N) is 1. The van der Waals surface area contributed by atoms with Crippen LogP contribution < -0.4 is 5.32 Å². The number of benzene rings is 1. The van der Waals surface area contributed by atoms with Crippen LogP contribution in [0.1, 0.15) is 31.9 Å². The lowest BCUT2D eigenvalue weighted by molar-refractivity contribution is -0.130. The summed E-state index contributed by atoms with van der Waals surface area (Å²) in [5.41, 5.74) is 2.31. The van der Waals surface area contributed by atoms with Crippen molar-refractivity contribution < 1.29 is 9.59 Å². The molecule has 1 aromatic rings. The fourth-order valence-electron chi connectivity index (χ4n) is 1.86. The zero-order valence-corrected chi connectivity index (χ0v) is 12.8. The first-order valence-electron chi connectivity index (χ1n) is 6.99. The molecule has 0 bridgehead atoms. The van der Waals surface area contributed by atoms with E-state index in [1.807, 2.05) is 45.0 Å². The van der Waals surface area contributed by atoms with Crippen molar-refractivity contribution in [2.75, 3.05) is 13.1 Å². The minimum atomic E-state index is -0.0304. The first kappa shape index (κ1) is 16.2. The molecule has 110 valence electrons.